The maximum absolute atomic E-state index is 12.3. The summed E-state index contributed by atoms with van der Waals surface area (Å²) in [6.45, 7) is 0.609. The van der Waals surface area contributed by atoms with E-state index in [1.54, 1.807) is 53.6 Å². The van der Waals surface area contributed by atoms with Crippen LogP contribution in [0.15, 0.2) is 59.5 Å². The van der Waals surface area contributed by atoms with Gasteiger partial charge in [0.25, 0.3) is 5.56 Å². The number of piperidine rings is 1. The van der Waals surface area contributed by atoms with Crippen LogP contribution >= 0.6 is 0 Å². The average molecular weight is 377 g/mol. The molecule has 0 saturated carbocycles. The molecule has 3 heterocycles. The highest BCUT2D eigenvalue weighted by Gasteiger charge is 2.20. The van der Waals surface area contributed by atoms with Gasteiger partial charge in [0.1, 0.15) is 12.3 Å². The van der Waals surface area contributed by atoms with Gasteiger partial charge < -0.3 is 9.64 Å². The minimum atomic E-state index is -0.508. The van der Waals surface area contributed by atoms with Gasteiger partial charge in [-0.25, -0.2) is 9.78 Å². The van der Waals surface area contributed by atoms with E-state index in [-0.39, 0.29) is 18.1 Å². The predicted molar refractivity (Wildman–Crippen MR) is 103 cm³/mol. The first-order chi connectivity index (χ1) is 13.6. The minimum absolute atomic E-state index is 0.0914. The molecule has 1 saturated heterocycles. The topological polar surface area (TPSA) is 81.0 Å². The molecule has 28 heavy (non-hydrogen) atoms. The highest BCUT2D eigenvalue weighted by atomic mass is 16.5. The second kappa shape index (κ2) is 7.64. The molecule has 0 N–H and O–H groups in total. The summed E-state index contributed by atoms with van der Waals surface area (Å²) in [5, 5.41) is 0. The van der Waals surface area contributed by atoms with Crippen LogP contribution in [0.4, 0.5) is 5.69 Å². The number of carbonyl (C=O) groups is 2. The van der Waals surface area contributed by atoms with E-state index in [0.717, 1.165) is 18.5 Å². The number of anilines is 1. The minimum Gasteiger partial charge on any atom is -0.456 e. The molecule has 0 unspecified atom stereocenters. The Kier molecular flexibility index (Phi) is 4.89. The zero-order valence-electron chi connectivity index (χ0n) is 15.2. The van der Waals surface area contributed by atoms with Crippen molar-refractivity contribution in [2.75, 3.05) is 11.4 Å². The van der Waals surface area contributed by atoms with Crippen molar-refractivity contribution in [3.8, 4) is 0 Å². The van der Waals surface area contributed by atoms with Gasteiger partial charge >= 0.3 is 5.97 Å². The van der Waals surface area contributed by atoms with Gasteiger partial charge in [-0.1, -0.05) is 6.07 Å². The van der Waals surface area contributed by atoms with Crippen LogP contribution in [-0.2, 0) is 16.1 Å². The van der Waals surface area contributed by atoms with Crippen molar-refractivity contribution in [1.82, 2.24) is 9.38 Å². The van der Waals surface area contributed by atoms with Crippen LogP contribution in [0, 0.1) is 0 Å². The van der Waals surface area contributed by atoms with E-state index < -0.39 is 5.97 Å². The number of pyridine rings is 1. The first-order valence-electron chi connectivity index (χ1n) is 9.17. The number of fused-ring (bicyclic) bond motifs is 1. The number of ether oxygens (including phenoxy) is 1. The maximum Gasteiger partial charge on any atom is 0.338 e. The number of amides is 1. The molecule has 7 nitrogen and oxygen atoms in total. The van der Waals surface area contributed by atoms with Crippen molar-refractivity contribution in [3.05, 3.63) is 76.3 Å². The summed E-state index contributed by atoms with van der Waals surface area (Å²) in [6, 6.07) is 13.4. The highest BCUT2D eigenvalue weighted by Crippen LogP contribution is 2.21. The van der Waals surface area contributed by atoms with Crippen LogP contribution in [0.1, 0.15) is 35.3 Å². The number of hydrogen-bond acceptors (Lipinski definition) is 5. The summed E-state index contributed by atoms with van der Waals surface area (Å²) in [7, 11) is 0. The summed E-state index contributed by atoms with van der Waals surface area (Å²) in [4.78, 5) is 42.4. The molecule has 3 aromatic rings. The molecule has 2 aromatic heterocycles. The lowest BCUT2D eigenvalue weighted by Crippen LogP contribution is -2.35. The SMILES string of the molecule is O=C(OCc1cc(=O)n2ccccc2n1)c1ccc(N2CCCCC2=O)cc1. The third kappa shape index (κ3) is 3.64. The molecule has 0 radical (unpaired) electrons. The summed E-state index contributed by atoms with van der Waals surface area (Å²) in [5.41, 5.74) is 1.82. The molecule has 0 spiro atoms. The fourth-order valence-electron chi connectivity index (χ4n) is 3.26. The zero-order chi connectivity index (χ0) is 19.5. The van der Waals surface area contributed by atoms with Gasteiger partial charge in [-0.2, -0.15) is 0 Å². The zero-order valence-corrected chi connectivity index (χ0v) is 15.2. The summed E-state index contributed by atoms with van der Waals surface area (Å²) < 4.78 is 6.72. The van der Waals surface area contributed by atoms with Gasteiger partial charge in [-0.3, -0.25) is 14.0 Å². The monoisotopic (exact) mass is 377 g/mol. The molecular weight excluding hydrogens is 358 g/mol. The van der Waals surface area contributed by atoms with E-state index in [4.69, 9.17) is 4.74 Å². The van der Waals surface area contributed by atoms with Crippen molar-refractivity contribution in [2.24, 2.45) is 0 Å². The Morgan fingerprint density at radius 2 is 1.89 bits per heavy atom. The lowest BCUT2D eigenvalue weighted by molar-refractivity contribution is -0.119. The molecule has 1 aliphatic heterocycles. The Balaban J connectivity index is 1.44. The second-order valence-electron chi connectivity index (χ2n) is 6.64. The van der Waals surface area contributed by atoms with Crippen LogP contribution in [0.2, 0.25) is 0 Å². The van der Waals surface area contributed by atoms with Gasteiger partial charge in [0.05, 0.1) is 11.3 Å². The van der Waals surface area contributed by atoms with E-state index in [0.29, 0.717) is 29.9 Å². The van der Waals surface area contributed by atoms with Crippen molar-refractivity contribution in [1.29, 1.82) is 0 Å². The normalized spacial score (nSPS) is 14.3. The molecule has 1 amide bonds. The Bertz CT molecular complexity index is 1090. The van der Waals surface area contributed by atoms with E-state index in [1.165, 1.54) is 10.5 Å². The number of benzene rings is 1. The van der Waals surface area contributed by atoms with Crippen LogP contribution in [-0.4, -0.2) is 27.8 Å². The van der Waals surface area contributed by atoms with Crippen LogP contribution < -0.4 is 10.5 Å². The third-order valence-electron chi connectivity index (χ3n) is 4.71. The Morgan fingerprint density at radius 1 is 1.07 bits per heavy atom. The Morgan fingerprint density at radius 3 is 2.68 bits per heavy atom. The average Bonchev–Trinajstić information content (AvgIpc) is 2.73. The fourth-order valence-corrected chi connectivity index (χ4v) is 3.26. The van der Waals surface area contributed by atoms with Crippen molar-refractivity contribution < 1.29 is 14.3 Å². The summed E-state index contributed by atoms with van der Waals surface area (Å²) in [6.07, 6.45) is 4.10. The Labute approximate surface area is 161 Å². The molecular formula is C21H19N3O4. The third-order valence-corrected chi connectivity index (χ3v) is 4.71. The quantitative estimate of drug-likeness (QED) is 0.653. The van der Waals surface area contributed by atoms with E-state index in [2.05, 4.69) is 4.98 Å². The molecule has 7 heteroatoms. The largest absolute Gasteiger partial charge is 0.456 e. The number of nitrogens with zero attached hydrogens (tertiary/aromatic N) is 3. The van der Waals surface area contributed by atoms with E-state index in [1.807, 2.05) is 0 Å². The first kappa shape index (κ1) is 17.9. The lowest BCUT2D eigenvalue weighted by Gasteiger charge is -2.26. The Hall–Kier alpha value is -3.48. The van der Waals surface area contributed by atoms with Gasteiger partial charge in [0.2, 0.25) is 5.91 Å². The van der Waals surface area contributed by atoms with Crippen molar-refractivity contribution in [3.63, 3.8) is 0 Å². The van der Waals surface area contributed by atoms with Crippen molar-refractivity contribution >= 4 is 23.2 Å². The van der Waals surface area contributed by atoms with Crippen LogP contribution in [0.25, 0.3) is 5.65 Å². The second-order valence-corrected chi connectivity index (χ2v) is 6.64. The smallest absolute Gasteiger partial charge is 0.338 e. The maximum atomic E-state index is 12.3. The van der Waals surface area contributed by atoms with Crippen molar-refractivity contribution in [2.45, 2.75) is 25.9 Å². The molecule has 4 rings (SSSR count). The number of esters is 1. The van der Waals surface area contributed by atoms with Gasteiger partial charge in [-0.15, -0.1) is 0 Å². The first-order valence-corrected chi connectivity index (χ1v) is 9.17. The molecule has 0 aliphatic carbocycles. The van der Waals surface area contributed by atoms with E-state index in [9.17, 15) is 14.4 Å². The standard InChI is InChI=1S/C21H19N3O4/c25-19-6-2-4-11-23(19)17-9-7-15(8-10-17)21(27)28-14-16-13-20(26)24-12-3-1-5-18(24)22-16/h1,3,5,7-10,12-13H,2,4,6,11,14H2. The highest BCUT2D eigenvalue weighted by molar-refractivity contribution is 5.95. The number of rotatable bonds is 4. The molecule has 0 atom stereocenters. The van der Waals surface area contributed by atoms with Crippen LogP contribution in [0.5, 0.6) is 0 Å². The van der Waals surface area contributed by atoms with Gasteiger partial charge in [0.15, 0.2) is 0 Å². The number of aromatic nitrogens is 2. The fraction of sp³-hybridized carbons (Fsp3) is 0.238. The molecule has 1 aromatic carbocycles. The van der Waals surface area contributed by atoms with Gasteiger partial charge in [0, 0.05) is 30.9 Å². The predicted octanol–water partition coefficient (Wildman–Crippen LogP) is 2.57. The molecule has 1 aliphatic rings. The van der Waals surface area contributed by atoms with E-state index >= 15 is 0 Å². The number of hydrogen-bond donors (Lipinski definition) is 0. The number of carbonyl (C=O) groups excluding carboxylic acids is 2. The lowest BCUT2D eigenvalue weighted by atomic mass is 10.1. The molecule has 142 valence electrons. The summed E-state index contributed by atoms with van der Waals surface area (Å²) in [5.74, 6) is -0.401. The molecule has 1 fully saturated rings. The molecule has 0 bridgehead atoms. The van der Waals surface area contributed by atoms with Crippen LogP contribution in [0.3, 0.4) is 0 Å². The van der Waals surface area contributed by atoms with Gasteiger partial charge in [-0.05, 0) is 49.2 Å². The summed E-state index contributed by atoms with van der Waals surface area (Å²) >= 11 is 0.